The molecule has 1 aromatic heterocycles. The molecule has 0 saturated heterocycles. The van der Waals surface area contributed by atoms with Gasteiger partial charge in [-0.05, 0) is 35.9 Å². The summed E-state index contributed by atoms with van der Waals surface area (Å²) >= 11 is 6.04. The number of nitrogens with zero attached hydrogens (tertiary/aromatic N) is 2. The van der Waals surface area contributed by atoms with Gasteiger partial charge in [0.15, 0.2) is 0 Å². The molecule has 0 saturated carbocycles. The van der Waals surface area contributed by atoms with Crippen molar-refractivity contribution in [2.75, 3.05) is 5.32 Å². The van der Waals surface area contributed by atoms with Gasteiger partial charge in [0.05, 0.1) is 22.3 Å². The Hall–Kier alpha value is -2.05. The molecule has 84 valence electrons. The standard InChI is InChI=1S/C13H10ClN3/c14-12-2-1-11(8-15)7-13(12)17-9-10-3-5-16-6-4-10/h1-7,17H,9H2. The second kappa shape index (κ2) is 5.33. The Bertz CT molecular complexity index is 546. The summed E-state index contributed by atoms with van der Waals surface area (Å²) in [5.74, 6) is 0. The molecule has 2 rings (SSSR count). The molecule has 1 heterocycles. The van der Waals surface area contributed by atoms with Crippen LogP contribution in [0.25, 0.3) is 0 Å². The van der Waals surface area contributed by atoms with E-state index >= 15 is 0 Å². The van der Waals surface area contributed by atoms with Crippen molar-refractivity contribution in [1.29, 1.82) is 5.26 Å². The maximum Gasteiger partial charge on any atom is 0.0992 e. The Labute approximate surface area is 105 Å². The lowest BCUT2D eigenvalue weighted by Gasteiger charge is -2.08. The van der Waals surface area contributed by atoms with Crippen molar-refractivity contribution in [2.24, 2.45) is 0 Å². The first-order valence-corrected chi connectivity index (χ1v) is 5.50. The Morgan fingerprint density at radius 2 is 2.00 bits per heavy atom. The fraction of sp³-hybridized carbons (Fsp3) is 0.0769. The van der Waals surface area contributed by atoms with E-state index in [4.69, 9.17) is 16.9 Å². The molecule has 2 aromatic rings. The Morgan fingerprint density at radius 3 is 2.71 bits per heavy atom. The number of benzene rings is 1. The number of aromatic nitrogens is 1. The molecule has 1 N–H and O–H groups in total. The van der Waals surface area contributed by atoms with Crippen molar-refractivity contribution in [1.82, 2.24) is 4.98 Å². The predicted molar refractivity (Wildman–Crippen MR) is 67.7 cm³/mol. The van der Waals surface area contributed by atoms with Crippen LogP contribution in [0.2, 0.25) is 5.02 Å². The van der Waals surface area contributed by atoms with E-state index in [2.05, 4.69) is 16.4 Å². The van der Waals surface area contributed by atoms with Crippen LogP contribution >= 0.6 is 11.6 Å². The average molecular weight is 244 g/mol. The highest BCUT2D eigenvalue weighted by Gasteiger charge is 2.01. The molecule has 0 fully saturated rings. The van der Waals surface area contributed by atoms with Gasteiger partial charge in [-0.3, -0.25) is 4.98 Å². The van der Waals surface area contributed by atoms with Crippen LogP contribution < -0.4 is 5.32 Å². The molecule has 0 aliphatic carbocycles. The SMILES string of the molecule is N#Cc1ccc(Cl)c(NCc2ccncc2)c1. The molecule has 0 unspecified atom stereocenters. The van der Waals surface area contributed by atoms with Gasteiger partial charge in [-0.2, -0.15) is 5.26 Å². The lowest BCUT2D eigenvalue weighted by molar-refractivity contribution is 1.13. The van der Waals surface area contributed by atoms with E-state index in [9.17, 15) is 0 Å². The third-order valence-electron chi connectivity index (χ3n) is 2.33. The van der Waals surface area contributed by atoms with Crippen LogP contribution in [0.5, 0.6) is 0 Å². The molecule has 0 radical (unpaired) electrons. The third-order valence-corrected chi connectivity index (χ3v) is 2.66. The maximum absolute atomic E-state index is 8.81. The second-order valence-electron chi connectivity index (χ2n) is 3.52. The number of hydrogen-bond acceptors (Lipinski definition) is 3. The van der Waals surface area contributed by atoms with Crippen molar-refractivity contribution < 1.29 is 0 Å². The Kier molecular flexibility index (Phi) is 3.59. The third kappa shape index (κ3) is 2.96. The number of halogens is 1. The van der Waals surface area contributed by atoms with Crippen LogP contribution in [0.3, 0.4) is 0 Å². The van der Waals surface area contributed by atoms with E-state index in [0.717, 1.165) is 11.3 Å². The first kappa shape index (κ1) is 11.4. The van der Waals surface area contributed by atoms with E-state index < -0.39 is 0 Å². The molecule has 17 heavy (non-hydrogen) atoms. The van der Waals surface area contributed by atoms with Gasteiger partial charge in [0, 0.05) is 18.9 Å². The predicted octanol–water partition coefficient (Wildman–Crippen LogP) is 3.22. The van der Waals surface area contributed by atoms with Gasteiger partial charge in [-0.25, -0.2) is 0 Å². The molecule has 0 aliphatic heterocycles. The summed E-state index contributed by atoms with van der Waals surface area (Å²) in [6, 6.07) is 11.1. The van der Waals surface area contributed by atoms with Crippen molar-refractivity contribution >= 4 is 17.3 Å². The molecule has 0 aliphatic rings. The van der Waals surface area contributed by atoms with Gasteiger partial charge in [0.25, 0.3) is 0 Å². The van der Waals surface area contributed by atoms with Crippen LogP contribution in [0.1, 0.15) is 11.1 Å². The van der Waals surface area contributed by atoms with Crippen LogP contribution in [0.15, 0.2) is 42.7 Å². The molecule has 3 nitrogen and oxygen atoms in total. The lowest BCUT2D eigenvalue weighted by atomic mass is 10.2. The molecule has 0 atom stereocenters. The summed E-state index contributed by atoms with van der Waals surface area (Å²) in [6.45, 7) is 0.650. The van der Waals surface area contributed by atoms with Crippen LogP contribution in [-0.4, -0.2) is 4.98 Å². The van der Waals surface area contributed by atoms with Crippen molar-refractivity contribution in [3.8, 4) is 6.07 Å². The first-order valence-electron chi connectivity index (χ1n) is 5.12. The van der Waals surface area contributed by atoms with Crippen LogP contribution in [0.4, 0.5) is 5.69 Å². The fourth-order valence-corrected chi connectivity index (χ4v) is 1.61. The molecular formula is C13H10ClN3. The number of nitriles is 1. The summed E-state index contributed by atoms with van der Waals surface area (Å²) in [4.78, 5) is 3.95. The van der Waals surface area contributed by atoms with Crippen molar-refractivity contribution in [3.05, 3.63) is 58.9 Å². The van der Waals surface area contributed by atoms with Crippen molar-refractivity contribution in [2.45, 2.75) is 6.54 Å². The number of nitrogens with one attached hydrogen (secondary N) is 1. The fourth-order valence-electron chi connectivity index (χ4n) is 1.43. The van der Waals surface area contributed by atoms with E-state index in [1.165, 1.54) is 0 Å². The van der Waals surface area contributed by atoms with Gasteiger partial charge in [-0.1, -0.05) is 11.6 Å². The summed E-state index contributed by atoms with van der Waals surface area (Å²) in [6.07, 6.45) is 3.48. The molecule has 1 aromatic carbocycles. The summed E-state index contributed by atoms with van der Waals surface area (Å²) in [5, 5.41) is 12.6. The molecule has 0 spiro atoms. The van der Waals surface area contributed by atoms with E-state index in [1.54, 1.807) is 30.6 Å². The normalized spacial score (nSPS) is 9.65. The smallest absolute Gasteiger partial charge is 0.0992 e. The van der Waals surface area contributed by atoms with E-state index in [0.29, 0.717) is 17.1 Å². The van der Waals surface area contributed by atoms with E-state index in [1.807, 2.05) is 12.1 Å². The van der Waals surface area contributed by atoms with Gasteiger partial charge >= 0.3 is 0 Å². The lowest BCUT2D eigenvalue weighted by Crippen LogP contribution is -2.00. The zero-order valence-corrected chi connectivity index (χ0v) is 9.78. The van der Waals surface area contributed by atoms with Gasteiger partial charge in [0.1, 0.15) is 0 Å². The van der Waals surface area contributed by atoms with Crippen LogP contribution in [0, 0.1) is 11.3 Å². The van der Waals surface area contributed by atoms with Crippen LogP contribution in [-0.2, 0) is 6.54 Å². The zero-order valence-electron chi connectivity index (χ0n) is 9.02. The summed E-state index contributed by atoms with van der Waals surface area (Å²) < 4.78 is 0. The second-order valence-corrected chi connectivity index (χ2v) is 3.92. The minimum absolute atomic E-state index is 0.589. The highest BCUT2D eigenvalue weighted by Crippen LogP contribution is 2.23. The Morgan fingerprint density at radius 1 is 1.24 bits per heavy atom. The highest BCUT2D eigenvalue weighted by atomic mass is 35.5. The van der Waals surface area contributed by atoms with E-state index in [-0.39, 0.29) is 0 Å². The quantitative estimate of drug-likeness (QED) is 0.901. The number of anilines is 1. The van der Waals surface area contributed by atoms with Gasteiger partial charge in [0.2, 0.25) is 0 Å². The van der Waals surface area contributed by atoms with Gasteiger partial charge in [-0.15, -0.1) is 0 Å². The average Bonchev–Trinajstić information content (AvgIpc) is 2.39. The summed E-state index contributed by atoms with van der Waals surface area (Å²) in [7, 11) is 0. The minimum Gasteiger partial charge on any atom is -0.380 e. The maximum atomic E-state index is 8.81. The first-order chi connectivity index (χ1) is 8.29. The largest absolute Gasteiger partial charge is 0.380 e. The van der Waals surface area contributed by atoms with Gasteiger partial charge < -0.3 is 5.32 Å². The summed E-state index contributed by atoms with van der Waals surface area (Å²) in [5.41, 5.74) is 2.47. The highest BCUT2D eigenvalue weighted by molar-refractivity contribution is 6.33. The molecule has 0 amide bonds. The number of hydrogen-bond donors (Lipinski definition) is 1. The molecule has 4 heteroatoms. The molecular weight excluding hydrogens is 234 g/mol. The zero-order chi connectivity index (χ0) is 12.1. The monoisotopic (exact) mass is 243 g/mol. The molecule has 0 bridgehead atoms. The minimum atomic E-state index is 0.589. The van der Waals surface area contributed by atoms with Crippen molar-refractivity contribution in [3.63, 3.8) is 0 Å². The Balaban J connectivity index is 2.12. The topological polar surface area (TPSA) is 48.7 Å². The number of pyridine rings is 1. The number of rotatable bonds is 3.